The minimum absolute atomic E-state index is 0.0981. The largest absolute Gasteiger partial charge is 0.507 e. The van der Waals surface area contributed by atoms with Crippen LogP contribution in [0.4, 0.5) is 4.39 Å². The molecule has 1 aromatic carbocycles. The molecule has 0 saturated heterocycles. The predicted octanol–water partition coefficient (Wildman–Crippen LogP) is 1.13. The Morgan fingerprint density at radius 1 is 1.53 bits per heavy atom. The van der Waals surface area contributed by atoms with Crippen LogP contribution in [0.3, 0.4) is 0 Å². The number of amides is 1. The number of benzene rings is 1. The number of phenolic OH excluding ortho intramolecular Hbond substituents is 1. The zero-order chi connectivity index (χ0) is 14.4. The number of oxime groups is 1. The summed E-state index contributed by atoms with van der Waals surface area (Å²) >= 11 is 0. The number of amidine groups is 1. The summed E-state index contributed by atoms with van der Waals surface area (Å²) in [5, 5.41) is 20.9. The van der Waals surface area contributed by atoms with Gasteiger partial charge in [0, 0.05) is 6.54 Å². The van der Waals surface area contributed by atoms with E-state index in [1.54, 1.807) is 0 Å². The van der Waals surface area contributed by atoms with Crippen molar-refractivity contribution < 1.29 is 19.5 Å². The molecule has 0 spiro atoms. The average Bonchev–Trinajstić information content (AvgIpc) is 2.40. The Bertz CT molecular complexity index is 491. The van der Waals surface area contributed by atoms with Gasteiger partial charge in [0.2, 0.25) is 0 Å². The number of hydrogen-bond acceptors (Lipinski definition) is 4. The van der Waals surface area contributed by atoms with Crippen molar-refractivity contribution >= 4 is 11.7 Å². The van der Waals surface area contributed by atoms with E-state index in [0.717, 1.165) is 18.2 Å². The van der Waals surface area contributed by atoms with Crippen LogP contribution in [0.15, 0.2) is 23.4 Å². The van der Waals surface area contributed by atoms with Crippen LogP contribution in [0.1, 0.15) is 23.7 Å². The van der Waals surface area contributed by atoms with E-state index in [0.29, 0.717) is 13.0 Å². The maximum absolute atomic E-state index is 13.1. The molecule has 19 heavy (non-hydrogen) atoms. The molecule has 0 aliphatic carbocycles. The van der Waals surface area contributed by atoms with E-state index in [-0.39, 0.29) is 23.7 Å². The number of halogens is 1. The first-order chi connectivity index (χ1) is 8.99. The second kappa shape index (κ2) is 6.58. The van der Waals surface area contributed by atoms with Crippen molar-refractivity contribution in [1.82, 2.24) is 4.90 Å². The molecule has 0 radical (unpaired) electrons. The molecule has 6 nitrogen and oxygen atoms in total. The quantitative estimate of drug-likeness (QED) is 0.323. The van der Waals surface area contributed by atoms with Gasteiger partial charge in [0.15, 0.2) is 5.84 Å². The van der Waals surface area contributed by atoms with Gasteiger partial charge in [-0.1, -0.05) is 12.1 Å². The molecule has 0 aliphatic rings. The average molecular weight is 269 g/mol. The van der Waals surface area contributed by atoms with E-state index in [2.05, 4.69) is 5.16 Å². The Hall–Kier alpha value is -2.31. The lowest BCUT2D eigenvalue weighted by Crippen LogP contribution is -2.39. The number of carbonyl (C=O) groups excluding carboxylic acids is 1. The summed E-state index contributed by atoms with van der Waals surface area (Å²) in [5.74, 6) is -1.66. The van der Waals surface area contributed by atoms with Gasteiger partial charge >= 0.3 is 0 Å². The van der Waals surface area contributed by atoms with Crippen molar-refractivity contribution in [2.75, 3.05) is 13.1 Å². The van der Waals surface area contributed by atoms with Crippen LogP contribution in [0.25, 0.3) is 0 Å². The monoisotopic (exact) mass is 269 g/mol. The Morgan fingerprint density at radius 2 is 2.21 bits per heavy atom. The van der Waals surface area contributed by atoms with Gasteiger partial charge in [0.05, 0.1) is 12.1 Å². The molecule has 0 bridgehead atoms. The van der Waals surface area contributed by atoms with E-state index in [1.165, 1.54) is 4.90 Å². The topological polar surface area (TPSA) is 99.1 Å². The van der Waals surface area contributed by atoms with Crippen LogP contribution in [-0.4, -0.2) is 40.0 Å². The van der Waals surface area contributed by atoms with Crippen molar-refractivity contribution in [3.8, 4) is 5.75 Å². The smallest absolute Gasteiger partial charge is 0.258 e. The van der Waals surface area contributed by atoms with Crippen molar-refractivity contribution in [2.24, 2.45) is 10.9 Å². The van der Waals surface area contributed by atoms with Crippen LogP contribution in [0, 0.1) is 5.82 Å². The number of nitrogens with two attached hydrogens (primary N) is 1. The third-order valence-corrected chi connectivity index (χ3v) is 2.45. The van der Waals surface area contributed by atoms with Gasteiger partial charge in [-0.15, -0.1) is 0 Å². The zero-order valence-corrected chi connectivity index (χ0v) is 10.5. The first kappa shape index (κ1) is 14.7. The fraction of sp³-hybridized carbons (Fsp3) is 0.333. The lowest BCUT2D eigenvalue weighted by molar-refractivity contribution is 0.0774. The van der Waals surface area contributed by atoms with Gasteiger partial charge in [-0.25, -0.2) is 4.39 Å². The maximum Gasteiger partial charge on any atom is 0.258 e. The van der Waals surface area contributed by atoms with Crippen LogP contribution in [0.5, 0.6) is 5.75 Å². The molecule has 0 aromatic heterocycles. The molecule has 104 valence electrons. The molecule has 0 unspecified atom stereocenters. The number of carbonyl (C=O) groups is 1. The molecular weight excluding hydrogens is 253 g/mol. The van der Waals surface area contributed by atoms with E-state index >= 15 is 0 Å². The highest BCUT2D eigenvalue weighted by Crippen LogP contribution is 2.19. The summed E-state index contributed by atoms with van der Waals surface area (Å²) in [5.41, 5.74) is 5.20. The van der Waals surface area contributed by atoms with E-state index < -0.39 is 11.7 Å². The van der Waals surface area contributed by atoms with Crippen molar-refractivity contribution in [3.63, 3.8) is 0 Å². The standard InChI is InChI=1S/C12H16FN3O3/c1-2-5-16(7-11(14)15-19)12(18)9-6-8(13)3-4-10(9)17/h3-4,6,17,19H,2,5,7H2,1H3,(H2,14,15). The second-order valence-corrected chi connectivity index (χ2v) is 3.98. The van der Waals surface area contributed by atoms with E-state index in [9.17, 15) is 14.3 Å². The molecule has 0 atom stereocenters. The second-order valence-electron chi connectivity index (χ2n) is 3.98. The number of phenols is 1. The van der Waals surface area contributed by atoms with Gasteiger partial charge in [0.1, 0.15) is 11.6 Å². The highest BCUT2D eigenvalue weighted by molar-refractivity contribution is 5.99. The Labute approximate surface area is 109 Å². The SMILES string of the molecule is CCCN(C/C(N)=N/O)C(=O)c1cc(F)ccc1O. The van der Waals surface area contributed by atoms with Crippen LogP contribution in [-0.2, 0) is 0 Å². The number of hydrogen-bond donors (Lipinski definition) is 3. The predicted molar refractivity (Wildman–Crippen MR) is 67.7 cm³/mol. The summed E-state index contributed by atoms with van der Waals surface area (Å²) in [6, 6.07) is 3.11. The summed E-state index contributed by atoms with van der Waals surface area (Å²) < 4.78 is 13.1. The minimum atomic E-state index is -0.624. The molecule has 1 rings (SSSR count). The van der Waals surface area contributed by atoms with Crippen molar-refractivity contribution in [3.05, 3.63) is 29.6 Å². The van der Waals surface area contributed by atoms with E-state index in [4.69, 9.17) is 10.9 Å². The first-order valence-electron chi connectivity index (χ1n) is 5.73. The fourth-order valence-corrected chi connectivity index (χ4v) is 1.60. The molecule has 0 fully saturated rings. The summed E-state index contributed by atoms with van der Waals surface area (Å²) in [7, 11) is 0. The Kier molecular flexibility index (Phi) is 5.11. The molecule has 0 saturated carbocycles. The number of rotatable bonds is 5. The van der Waals surface area contributed by atoms with Crippen LogP contribution < -0.4 is 5.73 Å². The van der Waals surface area contributed by atoms with Gasteiger partial charge < -0.3 is 20.9 Å². The van der Waals surface area contributed by atoms with Crippen LogP contribution >= 0.6 is 0 Å². The molecule has 0 aliphatic heterocycles. The fourth-order valence-electron chi connectivity index (χ4n) is 1.60. The zero-order valence-electron chi connectivity index (χ0n) is 10.5. The van der Waals surface area contributed by atoms with Crippen LogP contribution in [0.2, 0.25) is 0 Å². The molecule has 4 N–H and O–H groups in total. The molecule has 7 heteroatoms. The minimum Gasteiger partial charge on any atom is -0.507 e. The third kappa shape index (κ3) is 3.84. The normalized spacial score (nSPS) is 11.4. The first-order valence-corrected chi connectivity index (χ1v) is 5.73. The lowest BCUT2D eigenvalue weighted by Gasteiger charge is -2.21. The summed E-state index contributed by atoms with van der Waals surface area (Å²) in [6.45, 7) is 2.09. The third-order valence-electron chi connectivity index (χ3n) is 2.45. The van der Waals surface area contributed by atoms with E-state index in [1.807, 2.05) is 6.92 Å². The van der Waals surface area contributed by atoms with Gasteiger partial charge in [-0.05, 0) is 24.6 Å². The Balaban J connectivity index is 3.01. The lowest BCUT2D eigenvalue weighted by atomic mass is 10.1. The number of aromatic hydroxyl groups is 1. The molecule has 1 aromatic rings. The summed E-state index contributed by atoms with van der Waals surface area (Å²) in [6.07, 6.45) is 0.639. The maximum atomic E-state index is 13.1. The summed E-state index contributed by atoms with van der Waals surface area (Å²) in [4.78, 5) is 13.4. The number of nitrogens with zero attached hydrogens (tertiary/aromatic N) is 2. The van der Waals surface area contributed by atoms with Gasteiger partial charge in [0.25, 0.3) is 5.91 Å². The van der Waals surface area contributed by atoms with Crippen molar-refractivity contribution in [1.29, 1.82) is 0 Å². The van der Waals surface area contributed by atoms with Gasteiger partial charge in [-0.3, -0.25) is 4.79 Å². The van der Waals surface area contributed by atoms with Crippen molar-refractivity contribution in [2.45, 2.75) is 13.3 Å². The highest BCUT2D eigenvalue weighted by atomic mass is 19.1. The Morgan fingerprint density at radius 3 is 2.79 bits per heavy atom. The van der Waals surface area contributed by atoms with Gasteiger partial charge in [-0.2, -0.15) is 0 Å². The molecular formula is C12H16FN3O3. The molecule has 0 heterocycles. The highest BCUT2D eigenvalue weighted by Gasteiger charge is 2.20. The molecule has 1 amide bonds.